The second kappa shape index (κ2) is 7.21. The van der Waals surface area contributed by atoms with Crippen molar-refractivity contribution in [2.24, 2.45) is 10.7 Å². The topological polar surface area (TPSA) is 68.7 Å². The first-order chi connectivity index (χ1) is 9.50. The van der Waals surface area contributed by atoms with Crippen molar-refractivity contribution in [3.8, 4) is 0 Å². The summed E-state index contributed by atoms with van der Waals surface area (Å²) in [6.07, 6.45) is 2.02. The Morgan fingerprint density at radius 3 is 2.33 bits per heavy atom. The lowest BCUT2D eigenvalue weighted by atomic mass is 10.2. The Balaban J connectivity index is 0.00000220. The van der Waals surface area contributed by atoms with Crippen molar-refractivity contribution in [3.05, 3.63) is 29.8 Å². The fourth-order valence-electron chi connectivity index (χ4n) is 2.11. The minimum Gasteiger partial charge on any atom is -0.369 e. The summed E-state index contributed by atoms with van der Waals surface area (Å²) < 4.78 is 27.3. The van der Waals surface area contributed by atoms with Gasteiger partial charge in [0, 0.05) is 20.1 Å². The molecule has 1 fully saturated rings. The van der Waals surface area contributed by atoms with Gasteiger partial charge >= 0.3 is 0 Å². The Kier molecular flexibility index (Phi) is 5.90. The quantitative estimate of drug-likeness (QED) is 0.616. The van der Waals surface area contributed by atoms with E-state index in [0.29, 0.717) is 0 Å². The van der Waals surface area contributed by atoms with Crippen molar-refractivity contribution in [2.75, 3.05) is 25.0 Å². The van der Waals surface area contributed by atoms with Crippen LogP contribution < -0.4 is 10.6 Å². The highest BCUT2D eigenvalue weighted by Crippen LogP contribution is 2.21. The molecular weight excluding hydrogens is 300 g/mol. The molecule has 21 heavy (non-hydrogen) atoms. The summed E-state index contributed by atoms with van der Waals surface area (Å²) in [6.45, 7) is 1.51. The van der Waals surface area contributed by atoms with Crippen molar-refractivity contribution in [3.63, 3.8) is 0 Å². The second-order valence-electron chi connectivity index (χ2n) is 4.62. The van der Waals surface area contributed by atoms with Crippen molar-refractivity contribution in [2.45, 2.75) is 12.8 Å². The van der Waals surface area contributed by atoms with Gasteiger partial charge in [-0.15, -0.1) is 12.4 Å². The lowest BCUT2D eigenvalue weighted by molar-refractivity contribution is 0.510. The molecule has 3 N–H and O–H groups in total. The van der Waals surface area contributed by atoms with E-state index in [2.05, 4.69) is 4.99 Å². The summed E-state index contributed by atoms with van der Waals surface area (Å²) in [4.78, 5) is 6.80. The van der Waals surface area contributed by atoms with Gasteiger partial charge in [0.05, 0.1) is 0 Å². The third-order valence-corrected chi connectivity index (χ3v) is 3.24. The average molecular weight is 318 g/mol. The monoisotopic (exact) mass is 317 g/mol. The number of hydrogen-bond donors (Lipinski definition) is 2. The Hall–Kier alpha value is -1.89. The predicted octanol–water partition coefficient (Wildman–Crippen LogP) is 2.17. The highest BCUT2D eigenvalue weighted by molar-refractivity contribution is 6.01. The van der Waals surface area contributed by atoms with Gasteiger partial charge in [-0.1, -0.05) is 6.07 Å². The van der Waals surface area contributed by atoms with E-state index in [9.17, 15) is 8.78 Å². The Bertz CT molecular complexity index is 523. The lowest BCUT2D eigenvalue weighted by Crippen LogP contribution is -2.38. The smallest absolute Gasteiger partial charge is 0.221 e. The molecule has 1 aromatic rings. The van der Waals surface area contributed by atoms with E-state index in [-0.39, 0.29) is 30.0 Å². The molecule has 116 valence electrons. The fourth-order valence-corrected chi connectivity index (χ4v) is 2.11. The van der Waals surface area contributed by atoms with E-state index in [1.807, 2.05) is 0 Å². The molecule has 1 aliphatic rings. The van der Waals surface area contributed by atoms with Gasteiger partial charge < -0.3 is 15.5 Å². The molecule has 0 radical (unpaired) electrons. The maximum absolute atomic E-state index is 13.6. The van der Waals surface area contributed by atoms with Gasteiger partial charge in [0.1, 0.15) is 17.3 Å². The maximum Gasteiger partial charge on any atom is 0.221 e. The Morgan fingerprint density at radius 2 is 1.81 bits per heavy atom. The highest BCUT2D eigenvalue weighted by Gasteiger charge is 2.18. The Labute approximate surface area is 128 Å². The number of aliphatic imine (C=N–C) groups is 1. The van der Waals surface area contributed by atoms with E-state index in [4.69, 9.17) is 11.1 Å². The third kappa shape index (κ3) is 3.81. The number of nitrogens with zero attached hydrogens (tertiary/aromatic N) is 3. The van der Waals surface area contributed by atoms with Crippen LogP contribution in [0, 0.1) is 17.0 Å². The number of likely N-dealkylation sites (tertiary alicyclic amines) is 1. The molecule has 0 atom stereocenters. The first-order valence-electron chi connectivity index (χ1n) is 6.36. The van der Waals surface area contributed by atoms with Gasteiger partial charge in [0.2, 0.25) is 11.9 Å². The molecule has 5 nitrogen and oxygen atoms in total. The number of anilines is 1. The van der Waals surface area contributed by atoms with Crippen LogP contribution in [0.1, 0.15) is 12.8 Å². The van der Waals surface area contributed by atoms with Gasteiger partial charge in [0.15, 0.2) is 0 Å². The van der Waals surface area contributed by atoms with Crippen LogP contribution in [0.5, 0.6) is 0 Å². The molecule has 1 heterocycles. The molecule has 0 saturated carbocycles. The zero-order chi connectivity index (χ0) is 14.7. The molecule has 0 aromatic heterocycles. The van der Waals surface area contributed by atoms with Crippen molar-refractivity contribution < 1.29 is 8.78 Å². The largest absolute Gasteiger partial charge is 0.369 e. The molecule has 2 rings (SSSR count). The number of nitrogens with one attached hydrogen (secondary N) is 1. The zero-order valence-corrected chi connectivity index (χ0v) is 12.5. The van der Waals surface area contributed by atoms with E-state index in [0.717, 1.165) is 43.0 Å². The number of hydrogen-bond acceptors (Lipinski definition) is 1. The number of rotatable bonds is 1. The first-order valence-corrected chi connectivity index (χ1v) is 6.36. The minimum absolute atomic E-state index is 0. The molecule has 1 saturated heterocycles. The molecule has 0 spiro atoms. The number of halogens is 3. The highest BCUT2D eigenvalue weighted by atomic mass is 35.5. The molecule has 1 aliphatic heterocycles. The minimum atomic E-state index is -0.724. The molecule has 0 amide bonds. The second-order valence-corrected chi connectivity index (χ2v) is 4.62. The third-order valence-electron chi connectivity index (χ3n) is 3.24. The van der Waals surface area contributed by atoms with Crippen LogP contribution >= 0.6 is 12.4 Å². The van der Waals surface area contributed by atoms with E-state index in [1.165, 1.54) is 13.1 Å². The number of guanidine groups is 2. The summed E-state index contributed by atoms with van der Waals surface area (Å²) in [5.74, 6) is -1.55. The normalized spacial score (nSPS) is 14.8. The molecule has 0 unspecified atom stereocenters. The SMILES string of the molecule is CN(C(N)=NC(=N)N1CCCC1)c1c(F)cccc1F.Cl. The van der Waals surface area contributed by atoms with Crippen molar-refractivity contribution in [1.29, 1.82) is 5.41 Å². The van der Waals surface area contributed by atoms with Crippen LogP contribution in [0.4, 0.5) is 14.5 Å². The zero-order valence-electron chi connectivity index (χ0n) is 11.6. The molecule has 0 bridgehead atoms. The van der Waals surface area contributed by atoms with Gasteiger partial charge in [0.25, 0.3) is 0 Å². The van der Waals surface area contributed by atoms with Crippen LogP contribution in [0.15, 0.2) is 23.2 Å². The maximum atomic E-state index is 13.6. The van der Waals surface area contributed by atoms with E-state index < -0.39 is 11.6 Å². The van der Waals surface area contributed by atoms with E-state index >= 15 is 0 Å². The van der Waals surface area contributed by atoms with Crippen LogP contribution in [0.3, 0.4) is 0 Å². The fraction of sp³-hybridized carbons (Fsp3) is 0.385. The number of para-hydroxylation sites is 1. The van der Waals surface area contributed by atoms with Crippen molar-refractivity contribution >= 4 is 30.0 Å². The summed E-state index contributed by atoms with van der Waals surface area (Å²) in [6, 6.07) is 3.57. The average Bonchev–Trinajstić information content (AvgIpc) is 2.92. The lowest BCUT2D eigenvalue weighted by Gasteiger charge is -2.21. The first kappa shape index (κ1) is 17.2. The number of nitrogens with two attached hydrogens (primary N) is 1. The van der Waals surface area contributed by atoms with Gasteiger partial charge in [-0.25, -0.2) is 8.78 Å². The van der Waals surface area contributed by atoms with Gasteiger partial charge in [-0.3, -0.25) is 5.41 Å². The summed E-state index contributed by atoms with van der Waals surface area (Å²) >= 11 is 0. The van der Waals surface area contributed by atoms with Crippen LogP contribution in [-0.2, 0) is 0 Å². The molecular formula is C13H18ClF2N5. The van der Waals surface area contributed by atoms with Crippen LogP contribution in [-0.4, -0.2) is 37.0 Å². The molecule has 8 heteroatoms. The summed E-state index contributed by atoms with van der Waals surface area (Å²) in [5.41, 5.74) is 5.46. The standard InChI is InChI=1S/C13H17F2N5.ClH/c1-19(11-9(14)5-4-6-10(11)15)12(16)18-13(17)20-7-2-3-8-20;/h4-6H,2-3,7-8H2,1H3,(H3,16,17,18);1H. The van der Waals surface area contributed by atoms with Crippen molar-refractivity contribution in [1.82, 2.24) is 4.90 Å². The molecule has 1 aromatic carbocycles. The van der Waals surface area contributed by atoms with Gasteiger partial charge in [-0.05, 0) is 25.0 Å². The van der Waals surface area contributed by atoms with E-state index in [1.54, 1.807) is 4.90 Å². The van der Waals surface area contributed by atoms with Crippen LogP contribution in [0.25, 0.3) is 0 Å². The summed E-state index contributed by atoms with van der Waals surface area (Å²) in [7, 11) is 1.41. The predicted molar refractivity (Wildman–Crippen MR) is 82.2 cm³/mol. The van der Waals surface area contributed by atoms with Gasteiger partial charge in [-0.2, -0.15) is 4.99 Å². The Morgan fingerprint density at radius 1 is 1.29 bits per heavy atom. The van der Waals surface area contributed by atoms with Crippen LogP contribution in [0.2, 0.25) is 0 Å². The summed E-state index contributed by atoms with van der Waals surface area (Å²) in [5, 5.41) is 7.82. The molecule has 0 aliphatic carbocycles. The number of benzene rings is 1.